The van der Waals surface area contributed by atoms with Gasteiger partial charge < -0.3 is 10.2 Å². The van der Waals surface area contributed by atoms with Crippen LogP contribution >= 0.6 is 23.2 Å². The van der Waals surface area contributed by atoms with Crippen LogP contribution in [-0.4, -0.2) is 43.8 Å². The first-order chi connectivity index (χ1) is 22.2. The minimum atomic E-state index is -4.20. The van der Waals surface area contributed by atoms with E-state index in [1.165, 1.54) is 29.2 Å². The summed E-state index contributed by atoms with van der Waals surface area (Å²) in [5.74, 6) is -0.793. The van der Waals surface area contributed by atoms with Crippen LogP contribution in [0.3, 0.4) is 0 Å². The van der Waals surface area contributed by atoms with Crippen LogP contribution in [0.4, 0.5) is 5.69 Å². The zero-order chi connectivity index (χ0) is 32.5. The highest BCUT2D eigenvalue weighted by Gasteiger charge is 2.35. The molecule has 0 radical (unpaired) electrons. The number of para-hydroxylation sites is 1. The number of anilines is 1. The van der Waals surface area contributed by atoms with Crippen molar-refractivity contribution in [3.8, 4) is 0 Å². The summed E-state index contributed by atoms with van der Waals surface area (Å²) in [4.78, 5) is 30.2. The average molecular weight is 679 g/mol. The number of nitrogens with zero attached hydrogens (tertiary/aromatic N) is 2. The number of hydrogen-bond donors (Lipinski definition) is 1. The van der Waals surface area contributed by atoms with Gasteiger partial charge in [0.05, 0.1) is 10.6 Å². The van der Waals surface area contributed by atoms with Gasteiger partial charge in [0.2, 0.25) is 11.8 Å². The number of benzene rings is 4. The summed E-state index contributed by atoms with van der Waals surface area (Å²) in [5, 5.41) is 4.10. The van der Waals surface area contributed by atoms with Gasteiger partial charge in [-0.15, -0.1) is 0 Å². The van der Waals surface area contributed by atoms with Gasteiger partial charge in [-0.1, -0.05) is 103 Å². The Morgan fingerprint density at radius 3 is 2.04 bits per heavy atom. The second-order valence-electron chi connectivity index (χ2n) is 11.5. The van der Waals surface area contributed by atoms with Gasteiger partial charge >= 0.3 is 0 Å². The smallest absolute Gasteiger partial charge is 0.264 e. The topological polar surface area (TPSA) is 86.8 Å². The third-order valence-corrected chi connectivity index (χ3v) is 10.5. The summed E-state index contributed by atoms with van der Waals surface area (Å²) in [6.45, 7) is -0.476. The molecule has 0 bridgehead atoms. The van der Waals surface area contributed by atoms with Gasteiger partial charge in [0.15, 0.2) is 0 Å². The maximum atomic E-state index is 14.6. The standard InChI is InChI=1S/C36H37Cl2N3O4S/c37-29-19-21-33(22-20-29)46(44,45)41(32-17-8-3-9-18-32)26-35(42)40(25-28-13-10-14-30(38)23-28)34(24-27-11-4-1-5-12-27)36(43)39-31-15-6-2-7-16-31/h1,3-5,8-14,17-23,31,34H,2,6-7,15-16,24-26H2,(H,39,43)/t34-/m0/s1. The van der Waals surface area contributed by atoms with Crippen molar-refractivity contribution in [3.63, 3.8) is 0 Å². The van der Waals surface area contributed by atoms with Crippen molar-refractivity contribution < 1.29 is 18.0 Å². The highest BCUT2D eigenvalue weighted by atomic mass is 35.5. The molecule has 0 aliphatic heterocycles. The molecule has 4 aromatic carbocycles. The molecule has 2 amide bonds. The molecule has 1 aliphatic rings. The number of carbonyl (C=O) groups is 2. The van der Waals surface area contributed by atoms with Gasteiger partial charge in [0.25, 0.3) is 10.0 Å². The first kappa shape index (κ1) is 33.5. The molecular weight excluding hydrogens is 641 g/mol. The predicted octanol–water partition coefficient (Wildman–Crippen LogP) is 7.28. The lowest BCUT2D eigenvalue weighted by atomic mass is 9.94. The van der Waals surface area contributed by atoms with Crippen LogP contribution in [0, 0.1) is 0 Å². The van der Waals surface area contributed by atoms with Crippen LogP contribution in [0.25, 0.3) is 0 Å². The van der Waals surface area contributed by atoms with Crippen molar-refractivity contribution in [2.75, 3.05) is 10.8 Å². The minimum Gasteiger partial charge on any atom is -0.352 e. The molecular formula is C36H37Cl2N3O4S. The number of carbonyl (C=O) groups excluding carboxylic acids is 2. The Balaban J connectivity index is 1.55. The Morgan fingerprint density at radius 1 is 0.761 bits per heavy atom. The maximum Gasteiger partial charge on any atom is 0.264 e. The number of amides is 2. The zero-order valence-electron chi connectivity index (χ0n) is 25.4. The molecule has 5 rings (SSSR count). The average Bonchev–Trinajstić information content (AvgIpc) is 3.06. The van der Waals surface area contributed by atoms with E-state index in [9.17, 15) is 18.0 Å². The van der Waals surface area contributed by atoms with E-state index in [0.717, 1.165) is 47.5 Å². The highest BCUT2D eigenvalue weighted by molar-refractivity contribution is 7.92. The predicted molar refractivity (Wildman–Crippen MR) is 183 cm³/mol. The minimum absolute atomic E-state index is 0.00850. The first-order valence-corrected chi connectivity index (χ1v) is 17.6. The normalized spacial score (nSPS) is 14.3. The Morgan fingerprint density at radius 2 is 1.39 bits per heavy atom. The van der Waals surface area contributed by atoms with E-state index >= 15 is 0 Å². The SMILES string of the molecule is O=C(NC1CCCCC1)[C@H](Cc1ccccc1)N(Cc1cccc(Cl)c1)C(=O)CN(c1ccccc1)S(=O)(=O)c1ccc(Cl)cc1. The van der Waals surface area contributed by atoms with Gasteiger partial charge in [-0.25, -0.2) is 8.42 Å². The molecule has 0 saturated heterocycles. The van der Waals surface area contributed by atoms with Gasteiger partial charge in [0, 0.05) is 29.1 Å². The molecule has 240 valence electrons. The number of nitrogens with one attached hydrogen (secondary N) is 1. The Kier molecular flexibility index (Phi) is 11.4. The molecule has 7 nitrogen and oxygen atoms in total. The lowest BCUT2D eigenvalue weighted by molar-refractivity contribution is -0.140. The molecule has 1 saturated carbocycles. The van der Waals surface area contributed by atoms with Crippen molar-refractivity contribution in [3.05, 3.63) is 130 Å². The van der Waals surface area contributed by atoms with E-state index in [1.54, 1.807) is 48.5 Å². The lowest BCUT2D eigenvalue weighted by Gasteiger charge is -2.35. The van der Waals surface area contributed by atoms with E-state index in [-0.39, 0.29) is 29.8 Å². The fraction of sp³-hybridized carbons (Fsp3) is 0.278. The Labute approximate surface area is 281 Å². The summed E-state index contributed by atoms with van der Waals surface area (Å²) in [5.41, 5.74) is 1.92. The number of halogens is 2. The quantitative estimate of drug-likeness (QED) is 0.171. The van der Waals surface area contributed by atoms with Gasteiger partial charge in [0.1, 0.15) is 12.6 Å². The number of rotatable bonds is 12. The Bertz CT molecular complexity index is 1720. The van der Waals surface area contributed by atoms with Gasteiger partial charge in [-0.05, 0) is 72.5 Å². The molecule has 10 heteroatoms. The van der Waals surface area contributed by atoms with Crippen molar-refractivity contribution in [2.24, 2.45) is 0 Å². The third kappa shape index (κ3) is 8.69. The van der Waals surface area contributed by atoms with Crippen molar-refractivity contribution in [1.29, 1.82) is 0 Å². The molecule has 1 fully saturated rings. The maximum absolute atomic E-state index is 14.6. The highest BCUT2D eigenvalue weighted by Crippen LogP contribution is 2.26. The first-order valence-electron chi connectivity index (χ1n) is 15.4. The van der Waals surface area contributed by atoms with E-state index < -0.39 is 28.5 Å². The van der Waals surface area contributed by atoms with Crippen LogP contribution < -0.4 is 9.62 Å². The number of sulfonamides is 1. The Hall–Kier alpha value is -3.85. The van der Waals surface area contributed by atoms with Crippen LogP contribution in [0.5, 0.6) is 0 Å². The molecule has 1 atom stereocenters. The summed E-state index contributed by atoms with van der Waals surface area (Å²) in [6, 6.07) is 30.0. The molecule has 1 N–H and O–H groups in total. The van der Waals surface area contributed by atoms with E-state index in [0.29, 0.717) is 15.7 Å². The van der Waals surface area contributed by atoms with Crippen molar-refractivity contribution >= 4 is 50.7 Å². The van der Waals surface area contributed by atoms with Crippen molar-refractivity contribution in [2.45, 2.75) is 62.0 Å². The summed E-state index contributed by atoms with van der Waals surface area (Å²) in [7, 11) is -4.20. The monoisotopic (exact) mass is 677 g/mol. The molecule has 1 aliphatic carbocycles. The van der Waals surface area contributed by atoms with Gasteiger partial charge in [-0.3, -0.25) is 13.9 Å². The van der Waals surface area contributed by atoms with E-state index in [1.807, 2.05) is 36.4 Å². The molecule has 4 aromatic rings. The summed E-state index contributed by atoms with van der Waals surface area (Å²) >= 11 is 12.4. The third-order valence-electron chi connectivity index (χ3n) is 8.19. The van der Waals surface area contributed by atoms with Crippen LogP contribution in [0.15, 0.2) is 114 Å². The second kappa shape index (κ2) is 15.6. The second-order valence-corrected chi connectivity index (χ2v) is 14.2. The fourth-order valence-corrected chi connectivity index (χ4v) is 7.54. The molecule has 0 unspecified atom stereocenters. The molecule has 0 heterocycles. The molecule has 0 spiro atoms. The van der Waals surface area contributed by atoms with E-state index in [2.05, 4.69) is 5.32 Å². The fourth-order valence-electron chi connectivity index (χ4n) is 5.79. The molecule has 46 heavy (non-hydrogen) atoms. The van der Waals surface area contributed by atoms with E-state index in [4.69, 9.17) is 23.2 Å². The van der Waals surface area contributed by atoms with Crippen LogP contribution in [0.1, 0.15) is 43.2 Å². The lowest BCUT2D eigenvalue weighted by Crippen LogP contribution is -2.55. The van der Waals surface area contributed by atoms with Crippen LogP contribution in [0.2, 0.25) is 10.0 Å². The van der Waals surface area contributed by atoms with Gasteiger partial charge in [-0.2, -0.15) is 0 Å². The summed E-state index contributed by atoms with van der Waals surface area (Å²) in [6.07, 6.45) is 5.22. The molecule has 0 aromatic heterocycles. The van der Waals surface area contributed by atoms with Crippen LogP contribution in [-0.2, 0) is 32.6 Å². The summed E-state index contributed by atoms with van der Waals surface area (Å²) < 4.78 is 29.2. The largest absolute Gasteiger partial charge is 0.352 e. The zero-order valence-corrected chi connectivity index (χ0v) is 27.7. The number of hydrogen-bond acceptors (Lipinski definition) is 4. The van der Waals surface area contributed by atoms with Crippen molar-refractivity contribution in [1.82, 2.24) is 10.2 Å².